The summed E-state index contributed by atoms with van der Waals surface area (Å²) in [5.74, 6) is 0.997. The molecule has 0 heterocycles. The Morgan fingerprint density at radius 3 is 2.62 bits per heavy atom. The molecule has 0 spiro atoms. The molecule has 2 aliphatic carbocycles. The Hall–Kier alpha value is -1.02. The molecule has 0 aromatic heterocycles. The molecule has 1 aromatic carbocycles. The van der Waals surface area contributed by atoms with Crippen LogP contribution < -0.4 is 10.5 Å². The molecule has 0 bridgehead atoms. The van der Waals surface area contributed by atoms with Crippen molar-refractivity contribution >= 4 is 0 Å². The molecule has 0 saturated heterocycles. The third-order valence-corrected chi connectivity index (χ3v) is 3.73. The zero-order valence-corrected chi connectivity index (χ0v) is 9.61. The Bertz CT molecular complexity index is 378. The number of ether oxygens (including phenoxy) is 1. The van der Waals surface area contributed by atoms with Gasteiger partial charge in [-0.05, 0) is 43.4 Å². The summed E-state index contributed by atoms with van der Waals surface area (Å²) < 4.78 is 5.81. The predicted octanol–water partition coefficient (Wildman–Crippen LogP) is 2.96. The lowest BCUT2D eigenvalue weighted by Gasteiger charge is -2.24. The van der Waals surface area contributed by atoms with Crippen LogP contribution in [-0.2, 0) is 5.54 Å². The first-order chi connectivity index (χ1) is 7.76. The summed E-state index contributed by atoms with van der Waals surface area (Å²) in [6, 6.07) is 8.40. The standard InChI is InChI=1S/C14H19NO/c15-14(8-1-2-9-14)11-4-3-5-13(10-11)16-12-6-7-12/h3-5,10,12H,1-2,6-9,15H2. The molecule has 1 aromatic rings. The molecule has 2 heteroatoms. The molecular formula is C14H19NO. The van der Waals surface area contributed by atoms with Crippen LogP contribution in [0.4, 0.5) is 0 Å². The van der Waals surface area contributed by atoms with Gasteiger partial charge in [0.25, 0.3) is 0 Å². The van der Waals surface area contributed by atoms with Gasteiger partial charge in [0.15, 0.2) is 0 Å². The second kappa shape index (κ2) is 3.77. The van der Waals surface area contributed by atoms with Gasteiger partial charge in [0, 0.05) is 5.54 Å². The van der Waals surface area contributed by atoms with Crippen LogP contribution in [0.25, 0.3) is 0 Å². The smallest absolute Gasteiger partial charge is 0.120 e. The van der Waals surface area contributed by atoms with Gasteiger partial charge in [0.2, 0.25) is 0 Å². The largest absolute Gasteiger partial charge is 0.490 e. The summed E-state index contributed by atoms with van der Waals surface area (Å²) in [6.45, 7) is 0. The zero-order chi connectivity index (χ0) is 11.0. The Kier molecular flexibility index (Phi) is 2.40. The molecule has 86 valence electrons. The predicted molar refractivity (Wildman–Crippen MR) is 64.4 cm³/mol. The molecule has 0 amide bonds. The van der Waals surface area contributed by atoms with Gasteiger partial charge in [-0.25, -0.2) is 0 Å². The minimum atomic E-state index is -0.0943. The SMILES string of the molecule is NC1(c2cccc(OC3CC3)c2)CCCC1. The molecule has 0 unspecified atom stereocenters. The molecule has 2 aliphatic rings. The van der Waals surface area contributed by atoms with E-state index < -0.39 is 0 Å². The summed E-state index contributed by atoms with van der Waals surface area (Å²) >= 11 is 0. The van der Waals surface area contributed by atoms with Gasteiger partial charge in [-0.2, -0.15) is 0 Å². The minimum Gasteiger partial charge on any atom is -0.490 e. The van der Waals surface area contributed by atoms with Crippen molar-refractivity contribution in [3.05, 3.63) is 29.8 Å². The quantitative estimate of drug-likeness (QED) is 0.844. The highest BCUT2D eigenvalue weighted by atomic mass is 16.5. The first-order valence-corrected chi connectivity index (χ1v) is 6.32. The van der Waals surface area contributed by atoms with E-state index in [-0.39, 0.29) is 5.54 Å². The van der Waals surface area contributed by atoms with Crippen molar-refractivity contribution in [2.45, 2.75) is 50.2 Å². The van der Waals surface area contributed by atoms with E-state index in [0.29, 0.717) is 6.10 Å². The van der Waals surface area contributed by atoms with Crippen molar-refractivity contribution in [2.24, 2.45) is 5.73 Å². The molecule has 2 N–H and O–H groups in total. The second-order valence-electron chi connectivity index (χ2n) is 5.21. The highest BCUT2D eigenvalue weighted by molar-refractivity contribution is 5.34. The van der Waals surface area contributed by atoms with Crippen molar-refractivity contribution in [3.8, 4) is 5.75 Å². The zero-order valence-electron chi connectivity index (χ0n) is 9.61. The van der Waals surface area contributed by atoms with E-state index in [1.54, 1.807) is 0 Å². The van der Waals surface area contributed by atoms with Crippen molar-refractivity contribution in [2.75, 3.05) is 0 Å². The van der Waals surface area contributed by atoms with Crippen LogP contribution in [0.15, 0.2) is 24.3 Å². The monoisotopic (exact) mass is 217 g/mol. The normalized spacial score (nSPS) is 23.3. The van der Waals surface area contributed by atoms with Crippen LogP contribution in [0.2, 0.25) is 0 Å². The number of hydrogen-bond donors (Lipinski definition) is 1. The van der Waals surface area contributed by atoms with E-state index in [4.69, 9.17) is 10.5 Å². The maximum Gasteiger partial charge on any atom is 0.120 e. The van der Waals surface area contributed by atoms with Crippen molar-refractivity contribution in [1.29, 1.82) is 0 Å². The number of nitrogens with two attached hydrogens (primary N) is 1. The van der Waals surface area contributed by atoms with Gasteiger partial charge < -0.3 is 10.5 Å². The van der Waals surface area contributed by atoms with Crippen molar-refractivity contribution in [3.63, 3.8) is 0 Å². The number of benzene rings is 1. The van der Waals surface area contributed by atoms with Crippen LogP contribution in [0, 0.1) is 0 Å². The van der Waals surface area contributed by atoms with Gasteiger partial charge in [-0.1, -0.05) is 25.0 Å². The van der Waals surface area contributed by atoms with E-state index in [0.717, 1.165) is 18.6 Å². The summed E-state index contributed by atoms with van der Waals surface area (Å²) in [6.07, 6.45) is 7.61. The van der Waals surface area contributed by atoms with Gasteiger partial charge in [-0.15, -0.1) is 0 Å². The maximum atomic E-state index is 6.44. The lowest BCUT2D eigenvalue weighted by atomic mass is 9.89. The third kappa shape index (κ3) is 1.94. The van der Waals surface area contributed by atoms with Crippen molar-refractivity contribution < 1.29 is 4.74 Å². The fourth-order valence-electron chi connectivity index (χ4n) is 2.55. The fraction of sp³-hybridized carbons (Fsp3) is 0.571. The lowest BCUT2D eigenvalue weighted by molar-refractivity contribution is 0.302. The Labute approximate surface area is 96.8 Å². The fourth-order valence-corrected chi connectivity index (χ4v) is 2.55. The Morgan fingerprint density at radius 2 is 1.94 bits per heavy atom. The molecule has 2 fully saturated rings. The van der Waals surface area contributed by atoms with Gasteiger partial charge in [-0.3, -0.25) is 0 Å². The van der Waals surface area contributed by atoms with E-state index in [9.17, 15) is 0 Å². The Morgan fingerprint density at radius 1 is 1.19 bits per heavy atom. The van der Waals surface area contributed by atoms with Crippen LogP contribution in [0.3, 0.4) is 0 Å². The highest BCUT2D eigenvalue weighted by Crippen LogP contribution is 2.38. The van der Waals surface area contributed by atoms with Gasteiger partial charge in [0.1, 0.15) is 5.75 Å². The van der Waals surface area contributed by atoms with Gasteiger partial charge >= 0.3 is 0 Å². The molecule has 16 heavy (non-hydrogen) atoms. The number of rotatable bonds is 3. The molecule has 0 radical (unpaired) electrons. The molecule has 0 aliphatic heterocycles. The van der Waals surface area contributed by atoms with Gasteiger partial charge in [0.05, 0.1) is 6.10 Å². The molecule has 2 nitrogen and oxygen atoms in total. The molecule has 0 atom stereocenters. The first-order valence-electron chi connectivity index (χ1n) is 6.32. The Balaban J connectivity index is 1.82. The summed E-state index contributed by atoms with van der Waals surface area (Å²) in [5.41, 5.74) is 7.60. The molecular weight excluding hydrogens is 198 g/mol. The van der Waals surface area contributed by atoms with Crippen LogP contribution in [0.5, 0.6) is 5.75 Å². The summed E-state index contributed by atoms with van der Waals surface area (Å²) in [5, 5.41) is 0. The van der Waals surface area contributed by atoms with Crippen LogP contribution in [0.1, 0.15) is 44.1 Å². The molecule has 2 saturated carbocycles. The number of hydrogen-bond acceptors (Lipinski definition) is 2. The third-order valence-electron chi connectivity index (χ3n) is 3.73. The van der Waals surface area contributed by atoms with Crippen molar-refractivity contribution in [1.82, 2.24) is 0 Å². The average Bonchev–Trinajstić information content (AvgIpc) is 2.99. The van der Waals surface area contributed by atoms with E-state index in [1.807, 2.05) is 6.07 Å². The van der Waals surface area contributed by atoms with E-state index >= 15 is 0 Å². The van der Waals surface area contributed by atoms with Crippen LogP contribution in [-0.4, -0.2) is 6.10 Å². The second-order valence-corrected chi connectivity index (χ2v) is 5.21. The van der Waals surface area contributed by atoms with E-state index in [2.05, 4.69) is 18.2 Å². The summed E-state index contributed by atoms with van der Waals surface area (Å²) in [4.78, 5) is 0. The topological polar surface area (TPSA) is 35.2 Å². The first kappa shape index (κ1) is 10.2. The average molecular weight is 217 g/mol. The summed E-state index contributed by atoms with van der Waals surface area (Å²) in [7, 11) is 0. The van der Waals surface area contributed by atoms with Crippen LogP contribution >= 0.6 is 0 Å². The lowest BCUT2D eigenvalue weighted by Crippen LogP contribution is -2.32. The minimum absolute atomic E-state index is 0.0943. The molecule has 3 rings (SSSR count). The van der Waals surface area contributed by atoms with E-state index in [1.165, 1.54) is 31.2 Å². The highest BCUT2D eigenvalue weighted by Gasteiger charge is 2.31. The maximum absolute atomic E-state index is 6.44.